The highest BCUT2D eigenvalue weighted by molar-refractivity contribution is 7.89. The number of carbonyl (C=O) groups excluding carboxylic acids is 1. The van der Waals surface area contributed by atoms with Crippen LogP contribution in [0.4, 0.5) is 11.4 Å². The van der Waals surface area contributed by atoms with Crippen LogP contribution in [-0.2, 0) is 21.9 Å². The van der Waals surface area contributed by atoms with Crippen molar-refractivity contribution in [1.82, 2.24) is 4.90 Å². The molecule has 0 bridgehead atoms. The van der Waals surface area contributed by atoms with Gasteiger partial charge in [-0.05, 0) is 112 Å². The molecule has 3 N–H and O–H groups in total. The third-order valence-corrected chi connectivity index (χ3v) is 11.8. The van der Waals surface area contributed by atoms with Gasteiger partial charge >= 0.3 is 0 Å². The van der Waals surface area contributed by atoms with Crippen molar-refractivity contribution in [3.05, 3.63) is 100 Å². The molecule has 12 nitrogen and oxygen atoms in total. The number of hydrogen-bond acceptors (Lipinski definition) is 10. The fourth-order valence-electron chi connectivity index (χ4n) is 7.04. The summed E-state index contributed by atoms with van der Waals surface area (Å²) in [7, 11) is 4.64. The lowest BCUT2D eigenvalue weighted by Crippen LogP contribution is -2.47. The van der Waals surface area contributed by atoms with Crippen LogP contribution in [0.3, 0.4) is 0 Å². The largest absolute Gasteiger partial charge is 0.493 e. The van der Waals surface area contributed by atoms with E-state index in [-0.39, 0.29) is 45.9 Å². The zero-order valence-corrected chi connectivity index (χ0v) is 37.0. The molecule has 2 atom stereocenters. The van der Waals surface area contributed by atoms with Gasteiger partial charge in [-0.2, -0.15) is 5.26 Å². The zero-order valence-electron chi connectivity index (χ0n) is 34.6. The summed E-state index contributed by atoms with van der Waals surface area (Å²) in [4.78, 5) is 16.6. The Bertz CT molecular complexity index is 2200. The minimum absolute atomic E-state index is 0. The van der Waals surface area contributed by atoms with E-state index in [1.165, 1.54) is 17.7 Å². The number of aryl methyl sites for hydroxylation is 1. The molecule has 5 rings (SSSR count). The molecule has 1 amide bonds. The summed E-state index contributed by atoms with van der Waals surface area (Å²) in [5.41, 5.74) is 3.98. The van der Waals surface area contributed by atoms with Gasteiger partial charge in [0.1, 0.15) is 11.1 Å². The van der Waals surface area contributed by atoms with E-state index in [1.54, 1.807) is 33.3 Å². The number of nitrogens with two attached hydrogens (primary N) is 1. The SMILES string of the molecule is COc1ccc(CCN(C)CCCC(C#N)(c2ccc(OC)c(OC)c2)C(C)C)cc1OC.Cc1ccccc1N1C(=O)c2cc(S(N)(=O)=O)c(Cl)cc2NC1C.Cl. The number of ether oxygens (including phenoxy) is 4. The Balaban J connectivity index is 0.000000319. The maximum absolute atomic E-state index is 13.0. The summed E-state index contributed by atoms with van der Waals surface area (Å²) in [5, 5.41) is 18.6. The van der Waals surface area contributed by atoms with Crippen LogP contribution in [0.2, 0.25) is 5.02 Å². The van der Waals surface area contributed by atoms with Gasteiger partial charge in [0, 0.05) is 12.2 Å². The van der Waals surface area contributed by atoms with Crippen molar-refractivity contribution >= 4 is 51.3 Å². The number of carbonyl (C=O) groups is 1. The summed E-state index contributed by atoms with van der Waals surface area (Å²) < 4.78 is 44.9. The number of nitrogens with zero attached hydrogens (tertiary/aromatic N) is 3. The maximum Gasteiger partial charge on any atom is 0.262 e. The Hall–Kier alpha value is -4.71. The Morgan fingerprint density at radius 3 is 2.10 bits per heavy atom. The van der Waals surface area contributed by atoms with E-state index in [4.69, 9.17) is 35.7 Å². The van der Waals surface area contributed by atoms with Gasteiger partial charge in [-0.1, -0.05) is 55.8 Å². The summed E-state index contributed by atoms with van der Waals surface area (Å²) in [6.45, 7) is 9.81. The van der Waals surface area contributed by atoms with Crippen LogP contribution in [0.1, 0.15) is 60.7 Å². The van der Waals surface area contributed by atoms with Gasteiger partial charge in [-0.25, -0.2) is 13.6 Å². The average molecular weight is 857 g/mol. The second kappa shape index (κ2) is 20.8. The van der Waals surface area contributed by atoms with Crippen molar-refractivity contribution in [3.8, 4) is 29.1 Å². The first-order valence-electron chi connectivity index (χ1n) is 18.6. The number of sulfonamides is 1. The number of benzene rings is 4. The Morgan fingerprint density at radius 1 is 0.931 bits per heavy atom. The number of para-hydroxylation sites is 1. The third kappa shape index (κ3) is 10.9. The van der Waals surface area contributed by atoms with E-state index in [9.17, 15) is 18.5 Å². The normalized spacial score (nSPS) is 14.5. The fraction of sp³-hybridized carbons (Fsp3) is 0.395. The lowest BCUT2D eigenvalue weighted by Gasteiger charge is -2.37. The first-order chi connectivity index (χ1) is 27.0. The number of hydrogen-bond donors (Lipinski definition) is 2. The highest BCUT2D eigenvalue weighted by Gasteiger charge is 2.37. The molecule has 4 aromatic rings. The molecule has 0 radical (unpaired) electrons. The van der Waals surface area contributed by atoms with Crippen molar-refractivity contribution < 1.29 is 32.2 Å². The molecule has 0 spiro atoms. The molecule has 1 aliphatic heterocycles. The molecule has 15 heteroatoms. The molecule has 2 unspecified atom stereocenters. The van der Waals surface area contributed by atoms with Gasteiger partial charge in [-0.15, -0.1) is 12.4 Å². The quantitative estimate of drug-likeness (QED) is 0.119. The number of fused-ring (bicyclic) bond motifs is 1. The molecular formula is C43H55Cl2N5O7S. The molecule has 1 aliphatic rings. The lowest BCUT2D eigenvalue weighted by atomic mass is 9.69. The van der Waals surface area contributed by atoms with Crippen LogP contribution in [0, 0.1) is 24.2 Å². The van der Waals surface area contributed by atoms with Crippen LogP contribution in [0.5, 0.6) is 23.0 Å². The van der Waals surface area contributed by atoms with Gasteiger partial charge < -0.3 is 29.2 Å². The van der Waals surface area contributed by atoms with Gasteiger partial charge in [-0.3, -0.25) is 9.69 Å². The van der Waals surface area contributed by atoms with E-state index in [2.05, 4.69) is 43.2 Å². The number of rotatable bonds is 15. The number of primary sulfonamides is 1. The van der Waals surface area contributed by atoms with Crippen LogP contribution in [0.15, 0.2) is 77.7 Å². The zero-order chi connectivity index (χ0) is 42.1. The van der Waals surface area contributed by atoms with Gasteiger partial charge in [0.2, 0.25) is 10.0 Å². The second-order valence-corrected chi connectivity index (χ2v) is 16.2. The molecule has 0 aliphatic carbocycles. The van der Waals surface area contributed by atoms with Crippen molar-refractivity contribution in [2.45, 2.75) is 63.4 Å². The van der Waals surface area contributed by atoms with Crippen molar-refractivity contribution in [2.24, 2.45) is 11.1 Å². The number of nitrogens with one attached hydrogen (secondary N) is 1. The van der Waals surface area contributed by atoms with Crippen LogP contribution in [-0.4, -0.2) is 74.0 Å². The first-order valence-corrected chi connectivity index (χ1v) is 20.5. The number of anilines is 2. The Labute approximate surface area is 354 Å². The summed E-state index contributed by atoms with van der Waals surface area (Å²) in [5.74, 6) is 2.67. The summed E-state index contributed by atoms with van der Waals surface area (Å²) >= 11 is 6.00. The highest BCUT2D eigenvalue weighted by atomic mass is 35.5. The number of amides is 1. The predicted molar refractivity (Wildman–Crippen MR) is 233 cm³/mol. The fourth-order valence-corrected chi connectivity index (χ4v) is 8.14. The van der Waals surface area contributed by atoms with Crippen molar-refractivity contribution in [2.75, 3.05) is 58.8 Å². The predicted octanol–water partition coefficient (Wildman–Crippen LogP) is 8.23. The van der Waals surface area contributed by atoms with Crippen molar-refractivity contribution in [1.29, 1.82) is 5.26 Å². The summed E-state index contributed by atoms with van der Waals surface area (Å²) in [6.07, 6.45) is 2.29. The monoisotopic (exact) mass is 855 g/mol. The standard InChI is InChI=1S/C27H38N2O4.C16H16ClN3O3S.ClH/c1-20(2)27(19-28,22-10-12-24(31-5)26(18-22)33-7)14-8-15-29(3)16-13-21-9-11-23(30-4)25(17-21)32-6;1-9-5-3-4-6-14(9)20-10(2)19-13-8-12(17)15(24(18,22)23)7-11(13)16(20)21;/h9-12,17-18,20H,8,13-16H2,1-7H3;3-8,10,19H,1-2H3,(H2,18,22,23);1H. The number of nitriles is 1. The minimum Gasteiger partial charge on any atom is -0.493 e. The molecule has 0 aromatic heterocycles. The van der Waals surface area contributed by atoms with Crippen LogP contribution in [0.25, 0.3) is 0 Å². The molecule has 58 heavy (non-hydrogen) atoms. The topological polar surface area (TPSA) is 156 Å². The third-order valence-electron chi connectivity index (χ3n) is 10.4. The number of methoxy groups -OCH3 is 4. The van der Waals surface area contributed by atoms with E-state index in [0.29, 0.717) is 17.2 Å². The van der Waals surface area contributed by atoms with Crippen molar-refractivity contribution in [3.63, 3.8) is 0 Å². The molecule has 0 fully saturated rings. The summed E-state index contributed by atoms with van der Waals surface area (Å²) in [6, 6.07) is 24.6. The molecule has 314 valence electrons. The average Bonchev–Trinajstić information content (AvgIpc) is 3.18. The molecular weight excluding hydrogens is 801 g/mol. The Morgan fingerprint density at radius 2 is 1.53 bits per heavy atom. The van der Waals surface area contributed by atoms with Gasteiger partial charge in [0.15, 0.2) is 23.0 Å². The van der Waals surface area contributed by atoms with Crippen LogP contribution >= 0.6 is 24.0 Å². The first kappa shape index (κ1) is 47.7. The minimum atomic E-state index is -4.02. The highest BCUT2D eigenvalue weighted by Crippen LogP contribution is 2.41. The van der Waals surface area contributed by atoms with Crippen LogP contribution < -0.4 is 34.3 Å². The molecule has 1 heterocycles. The van der Waals surface area contributed by atoms with Gasteiger partial charge in [0.25, 0.3) is 5.91 Å². The Kier molecular flexibility index (Phi) is 17.1. The molecule has 0 saturated heterocycles. The van der Waals surface area contributed by atoms with E-state index in [0.717, 1.165) is 60.7 Å². The molecule has 0 saturated carbocycles. The van der Waals surface area contributed by atoms with E-state index < -0.39 is 15.4 Å². The molecule has 4 aromatic carbocycles. The smallest absolute Gasteiger partial charge is 0.262 e. The van der Waals surface area contributed by atoms with E-state index >= 15 is 0 Å². The number of likely N-dealkylation sites (N-methyl/N-ethyl adjacent to an activating group) is 1. The van der Waals surface area contributed by atoms with E-state index in [1.807, 2.05) is 68.4 Å². The number of halogens is 2. The maximum atomic E-state index is 13.0. The lowest BCUT2D eigenvalue weighted by molar-refractivity contribution is 0.0976. The second-order valence-electron chi connectivity index (χ2n) is 14.3. The van der Waals surface area contributed by atoms with Gasteiger partial charge in [0.05, 0.1) is 56.2 Å².